The number of amides is 1. The van der Waals surface area contributed by atoms with Gasteiger partial charge in [0.05, 0.1) is 18.4 Å². The molecule has 0 bridgehead atoms. The molecule has 1 atom stereocenters. The van der Waals surface area contributed by atoms with Crippen molar-refractivity contribution in [2.45, 2.75) is 32.2 Å². The molecule has 3 heterocycles. The van der Waals surface area contributed by atoms with Crippen LogP contribution in [0.15, 0.2) is 65.6 Å². The Balaban J connectivity index is 1.52. The molecule has 2 aromatic carbocycles. The molecule has 0 saturated carbocycles. The van der Waals surface area contributed by atoms with Gasteiger partial charge in [0.1, 0.15) is 18.6 Å². The second kappa shape index (κ2) is 10.1. The van der Waals surface area contributed by atoms with Gasteiger partial charge in [-0.15, -0.1) is 0 Å². The fourth-order valence-corrected chi connectivity index (χ4v) is 5.93. The van der Waals surface area contributed by atoms with Crippen molar-refractivity contribution in [2.24, 2.45) is 0 Å². The first kappa shape index (κ1) is 25.8. The molecule has 9 nitrogen and oxygen atoms in total. The van der Waals surface area contributed by atoms with Crippen LogP contribution in [0.4, 0.5) is 4.39 Å². The van der Waals surface area contributed by atoms with Gasteiger partial charge >= 0.3 is 0 Å². The van der Waals surface area contributed by atoms with E-state index in [4.69, 9.17) is 4.74 Å². The molecule has 1 fully saturated rings. The van der Waals surface area contributed by atoms with Gasteiger partial charge in [0.25, 0.3) is 5.91 Å². The number of hydrogen-bond donors (Lipinski definition) is 0. The van der Waals surface area contributed by atoms with Gasteiger partial charge in [0, 0.05) is 25.7 Å². The molecule has 3 aromatic rings. The third-order valence-electron chi connectivity index (χ3n) is 6.82. The smallest absolute Gasteiger partial charge is 0.275 e. The lowest BCUT2D eigenvalue weighted by Gasteiger charge is -2.35. The van der Waals surface area contributed by atoms with Crippen molar-refractivity contribution in [3.63, 3.8) is 0 Å². The van der Waals surface area contributed by atoms with Gasteiger partial charge in [-0.25, -0.2) is 12.8 Å². The van der Waals surface area contributed by atoms with Crippen molar-refractivity contribution in [2.75, 3.05) is 19.3 Å². The Labute approximate surface area is 219 Å². The molecule has 38 heavy (non-hydrogen) atoms. The maximum Gasteiger partial charge on any atom is 0.275 e. The van der Waals surface area contributed by atoms with Crippen LogP contribution in [0, 0.1) is 5.82 Å². The van der Waals surface area contributed by atoms with E-state index in [2.05, 4.69) is 0 Å². The number of rotatable bonds is 8. The summed E-state index contributed by atoms with van der Waals surface area (Å²) in [6.07, 6.45) is 1.92. The molecule has 1 unspecified atom stereocenters. The second-order valence-electron chi connectivity index (χ2n) is 9.38. The van der Waals surface area contributed by atoms with Crippen LogP contribution < -0.4 is 10.2 Å². The number of fused-ring (bicyclic) bond motifs is 2. The Morgan fingerprint density at radius 3 is 2.42 bits per heavy atom. The van der Waals surface area contributed by atoms with Gasteiger partial charge in [0.2, 0.25) is 15.5 Å². The molecule has 1 saturated heterocycles. The molecule has 198 valence electrons. The number of carbonyl (C=O) groups is 2. The highest BCUT2D eigenvalue weighted by Gasteiger charge is 2.45. The maximum atomic E-state index is 13.5. The zero-order chi connectivity index (χ0) is 27.0. The summed E-state index contributed by atoms with van der Waals surface area (Å²) in [6, 6.07) is 14.8. The van der Waals surface area contributed by atoms with E-state index in [1.165, 1.54) is 32.1 Å². The molecule has 2 aliphatic heterocycles. The minimum atomic E-state index is -3.59. The lowest BCUT2D eigenvalue weighted by molar-refractivity contribution is 0.0591. The predicted octanol–water partition coefficient (Wildman–Crippen LogP) is 2.44. The van der Waals surface area contributed by atoms with Crippen LogP contribution in [0.5, 0.6) is 5.75 Å². The average Bonchev–Trinajstić information content (AvgIpc) is 3.33. The van der Waals surface area contributed by atoms with Crippen molar-refractivity contribution >= 4 is 21.7 Å². The van der Waals surface area contributed by atoms with Gasteiger partial charge in [-0.2, -0.15) is 4.31 Å². The number of hydrogen-bond acceptors (Lipinski definition) is 6. The summed E-state index contributed by atoms with van der Waals surface area (Å²) in [5, 5.41) is 0. The molecule has 5 rings (SSSR count). The number of nitrogens with zero attached hydrogens (tertiary/aromatic N) is 3. The zero-order valence-electron chi connectivity index (χ0n) is 20.7. The van der Waals surface area contributed by atoms with Gasteiger partial charge in [-0.3, -0.25) is 14.4 Å². The van der Waals surface area contributed by atoms with Crippen molar-refractivity contribution in [3.8, 4) is 5.75 Å². The summed E-state index contributed by atoms with van der Waals surface area (Å²) >= 11 is 0. The second-order valence-corrected chi connectivity index (χ2v) is 11.3. The lowest BCUT2D eigenvalue weighted by atomic mass is 10.0. The van der Waals surface area contributed by atoms with Crippen LogP contribution in [0.3, 0.4) is 0 Å². The normalized spacial score (nSPS) is 17.3. The molecule has 11 heteroatoms. The number of ketones is 1. The fraction of sp³-hybridized carbons (Fsp3) is 0.296. The maximum absolute atomic E-state index is 13.5. The third kappa shape index (κ3) is 4.99. The molecule has 1 amide bonds. The van der Waals surface area contributed by atoms with E-state index in [-0.39, 0.29) is 61.9 Å². The van der Waals surface area contributed by atoms with E-state index in [1.807, 2.05) is 30.3 Å². The average molecular weight is 540 g/mol. The molecule has 1 aromatic heterocycles. The number of aromatic nitrogens is 1. The standard InChI is InChI=1S/C27H26FN3O6S/c1-38(35,36)31-14-13-30-23(31)16-29-15-21(22(32)12-9-18-7-10-20(28)11-8-18)25(33)26(24(29)27(30)34)37-17-19-5-3-2-4-6-19/h2-8,10-11,15,23H,9,12-14,16-17H2,1H3. The minimum Gasteiger partial charge on any atom is -0.483 e. The summed E-state index contributed by atoms with van der Waals surface area (Å²) in [6.45, 7) is 0.371. The summed E-state index contributed by atoms with van der Waals surface area (Å²) in [5.41, 5.74) is 0.655. The Morgan fingerprint density at radius 1 is 1.03 bits per heavy atom. The number of benzene rings is 2. The van der Waals surface area contributed by atoms with Crippen LogP contribution >= 0.6 is 0 Å². The van der Waals surface area contributed by atoms with E-state index in [0.717, 1.165) is 17.4 Å². The number of carbonyl (C=O) groups excluding carboxylic acids is 2. The summed E-state index contributed by atoms with van der Waals surface area (Å²) < 4.78 is 46.5. The summed E-state index contributed by atoms with van der Waals surface area (Å²) in [4.78, 5) is 41.7. The SMILES string of the molecule is CS(=O)(=O)N1CCN2C(=O)c3c(OCc4ccccc4)c(=O)c(C(=O)CCc4ccc(F)cc4)cn3CC21. The number of aryl methyl sites for hydroxylation is 1. The molecule has 0 spiro atoms. The molecule has 2 aliphatic rings. The van der Waals surface area contributed by atoms with Crippen LogP contribution in [-0.4, -0.2) is 59.4 Å². The van der Waals surface area contributed by atoms with E-state index in [0.29, 0.717) is 0 Å². The van der Waals surface area contributed by atoms with Crippen molar-refractivity contribution < 1.29 is 27.1 Å². The Bertz CT molecular complexity index is 1550. The lowest BCUT2D eigenvalue weighted by Crippen LogP contribution is -2.51. The molecule has 0 N–H and O–H groups in total. The number of halogens is 1. The molecular formula is C27H26FN3O6S. The highest BCUT2D eigenvalue weighted by Crippen LogP contribution is 2.30. The first-order chi connectivity index (χ1) is 18.1. The number of sulfonamides is 1. The van der Waals surface area contributed by atoms with Gasteiger partial charge in [0.15, 0.2) is 17.2 Å². The van der Waals surface area contributed by atoms with Gasteiger partial charge in [-0.1, -0.05) is 42.5 Å². The Hall–Kier alpha value is -3.83. The topological polar surface area (TPSA) is 106 Å². The number of Topliss-reactive ketones (excluding diaryl/α,β-unsaturated/α-hetero) is 1. The predicted molar refractivity (Wildman–Crippen MR) is 137 cm³/mol. The summed E-state index contributed by atoms with van der Waals surface area (Å²) in [7, 11) is -3.59. The van der Waals surface area contributed by atoms with Crippen LogP contribution in [0.1, 0.15) is 38.4 Å². The van der Waals surface area contributed by atoms with E-state index in [1.54, 1.807) is 12.1 Å². The van der Waals surface area contributed by atoms with Crippen molar-refractivity contribution in [3.05, 3.63) is 99.2 Å². The molecule has 0 aliphatic carbocycles. The Morgan fingerprint density at radius 2 is 1.74 bits per heavy atom. The van der Waals surface area contributed by atoms with Crippen LogP contribution in [-0.2, 0) is 29.6 Å². The Kier molecular flexibility index (Phi) is 6.89. The van der Waals surface area contributed by atoms with Crippen LogP contribution in [0.25, 0.3) is 0 Å². The first-order valence-corrected chi connectivity index (χ1v) is 14.0. The number of ether oxygens (including phenoxy) is 1. The van der Waals surface area contributed by atoms with Crippen molar-refractivity contribution in [1.29, 1.82) is 0 Å². The third-order valence-corrected chi connectivity index (χ3v) is 8.10. The van der Waals surface area contributed by atoms with Gasteiger partial charge in [-0.05, 0) is 29.7 Å². The highest BCUT2D eigenvalue weighted by atomic mass is 32.2. The quantitative estimate of drug-likeness (QED) is 0.407. The minimum absolute atomic E-state index is 0.00246. The van der Waals surface area contributed by atoms with Crippen LogP contribution in [0.2, 0.25) is 0 Å². The highest BCUT2D eigenvalue weighted by molar-refractivity contribution is 7.88. The first-order valence-electron chi connectivity index (χ1n) is 12.1. The largest absolute Gasteiger partial charge is 0.483 e. The van der Waals surface area contributed by atoms with Crippen molar-refractivity contribution in [1.82, 2.24) is 13.8 Å². The fourth-order valence-electron chi connectivity index (χ4n) is 4.89. The van der Waals surface area contributed by atoms with Gasteiger partial charge < -0.3 is 14.2 Å². The summed E-state index contributed by atoms with van der Waals surface area (Å²) in [5.74, 6) is -1.61. The molecule has 0 radical (unpaired) electrons. The zero-order valence-corrected chi connectivity index (χ0v) is 21.5. The monoisotopic (exact) mass is 539 g/mol. The van der Waals surface area contributed by atoms with E-state index < -0.39 is 33.3 Å². The van der Waals surface area contributed by atoms with E-state index >= 15 is 0 Å². The van der Waals surface area contributed by atoms with E-state index in [9.17, 15) is 27.2 Å². The number of pyridine rings is 1. The molecular weight excluding hydrogens is 513 g/mol.